The zero-order valence-electron chi connectivity index (χ0n) is 10.5. The minimum absolute atomic E-state index is 0.743. The fraction of sp³-hybridized carbons (Fsp3) is 0.833. The lowest BCUT2D eigenvalue weighted by atomic mass is 10.2. The first-order valence-corrected chi connectivity index (χ1v) is 7.28. The summed E-state index contributed by atoms with van der Waals surface area (Å²) in [6.45, 7) is 6.52. The van der Waals surface area contributed by atoms with Crippen molar-refractivity contribution in [2.24, 2.45) is 0 Å². The molecule has 0 atom stereocenters. The van der Waals surface area contributed by atoms with Gasteiger partial charge in [0.2, 0.25) is 5.89 Å². The first-order chi connectivity index (χ1) is 7.80. The maximum Gasteiger partial charge on any atom is 0.236 e. The summed E-state index contributed by atoms with van der Waals surface area (Å²) in [6, 6.07) is 0. The molecule has 0 amide bonds. The summed E-state index contributed by atoms with van der Waals surface area (Å²) in [5, 5.41) is 4.65. The number of hydrogen-bond donors (Lipinski definition) is 0. The highest BCUT2D eigenvalue weighted by Gasteiger charge is 2.10. The van der Waals surface area contributed by atoms with Gasteiger partial charge in [-0.3, -0.25) is 0 Å². The monoisotopic (exact) mass is 242 g/mol. The van der Waals surface area contributed by atoms with Gasteiger partial charge in [-0.15, -0.1) is 11.8 Å². The first-order valence-electron chi connectivity index (χ1n) is 6.23. The van der Waals surface area contributed by atoms with Gasteiger partial charge in [0.15, 0.2) is 5.82 Å². The molecule has 0 aliphatic carbocycles. The molecule has 0 radical (unpaired) electrons. The second-order valence-corrected chi connectivity index (χ2v) is 5.26. The summed E-state index contributed by atoms with van der Waals surface area (Å²) in [7, 11) is 0. The van der Waals surface area contributed by atoms with Crippen molar-refractivity contribution in [2.45, 2.75) is 63.9 Å². The first kappa shape index (κ1) is 13.6. The summed E-state index contributed by atoms with van der Waals surface area (Å²) >= 11 is 1.95. The Bertz CT molecular complexity index is 282. The Hall–Kier alpha value is -0.510. The molecule has 0 aliphatic rings. The highest BCUT2D eigenvalue weighted by molar-refractivity contribution is 7.99. The van der Waals surface area contributed by atoms with Gasteiger partial charge in [-0.2, -0.15) is 4.98 Å². The van der Waals surface area contributed by atoms with E-state index in [9.17, 15) is 0 Å². The Kier molecular flexibility index (Phi) is 6.53. The molecular weight excluding hydrogens is 220 g/mol. The van der Waals surface area contributed by atoms with Crippen molar-refractivity contribution in [3.8, 4) is 0 Å². The molecule has 0 bridgehead atoms. The van der Waals surface area contributed by atoms with Gasteiger partial charge < -0.3 is 4.52 Å². The third-order valence-corrected chi connectivity index (χ3v) is 3.85. The van der Waals surface area contributed by atoms with Crippen LogP contribution < -0.4 is 0 Å². The Morgan fingerprint density at radius 2 is 1.88 bits per heavy atom. The Balaban J connectivity index is 2.35. The van der Waals surface area contributed by atoms with E-state index in [2.05, 4.69) is 24.0 Å². The van der Waals surface area contributed by atoms with Gasteiger partial charge in [0, 0.05) is 11.7 Å². The maximum atomic E-state index is 5.18. The van der Waals surface area contributed by atoms with Crippen molar-refractivity contribution in [3.05, 3.63) is 11.7 Å². The zero-order chi connectivity index (χ0) is 11.8. The number of hydrogen-bond acceptors (Lipinski definition) is 4. The van der Waals surface area contributed by atoms with Crippen LogP contribution in [0.15, 0.2) is 4.52 Å². The minimum Gasteiger partial charge on any atom is -0.338 e. The molecule has 0 aromatic carbocycles. The predicted octanol–water partition coefficient (Wildman–Crippen LogP) is 3.83. The maximum absolute atomic E-state index is 5.18. The SMILES string of the molecule is CCCC(CCC)SCc1nc(CC)no1. The van der Waals surface area contributed by atoms with Crippen LogP contribution in [0.3, 0.4) is 0 Å². The van der Waals surface area contributed by atoms with E-state index in [0.29, 0.717) is 0 Å². The zero-order valence-corrected chi connectivity index (χ0v) is 11.3. The van der Waals surface area contributed by atoms with E-state index in [0.717, 1.165) is 29.1 Å². The van der Waals surface area contributed by atoms with Crippen LogP contribution >= 0.6 is 11.8 Å². The quantitative estimate of drug-likeness (QED) is 0.694. The van der Waals surface area contributed by atoms with E-state index in [1.54, 1.807) is 0 Å². The van der Waals surface area contributed by atoms with Crippen LogP contribution in [0, 0.1) is 0 Å². The molecule has 0 spiro atoms. The normalized spacial score (nSPS) is 11.2. The predicted molar refractivity (Wildman–Crippen MR) is 68.6 cm³/mol. The molecule has 0 N–H and O–H groups in total. The Labute approximate surface area is 102 Å². The molecule has 1 aromatic rings. The molecular formula is C12H22N2OS. The van der Waals surface area contributed by atoms with E-state index in [1.807, 2.05) is 18.7 Å². The molecule has 0 aliphatic heterocycles. The van der Waals surface area contributed by atoms with Gasteiger partial charge in [0.25, 0.3) is 0 Å². The number of aromatic nitrogens is 2. The van der Waals surface area contributed by atoms with Gasteiger partial charge in [0.1, 0.15) is 0 Å². The van der Waals surface area contributed by atoms with Crippen LogP contribution in [0.5, 0.6) is 0 Å². The average molecular weight is 242 g/mol. The second kappa shape index (κ2) is 7.71. The lowest BCUT2D eigenvalue weighted by molar-refractivity contribution is 0.385. The number of nitrogens with zero attached hydrogens (tertiary/aromatic N) is 2. The van der Waals surface area contributed by atoms with Crippen molar-refractivity contribution in [1.29, 1.82) is 0 Å². The fourth-order valence-corrected chi connectivity index (χ4v) is 2.94. The number of rotatable bonds is 8. The van der Waals surface area contributed by atoms with Crippen LogP contribution in [-0.2, 0) is 12.2 Å². The second-order valence-electron chi connectivity index (χ2n) is 3.97. The lowest BCUT2D eigenvalue weighted by Gasteiger charge is -2.12. The average Bonchev–Trinajstić information content (AvgIpc) is 2.74. The smallest absolute Gasteiger partial charge is 0.236 e. The van der Waals surface area contributed by atoms with Crippen LogP contribution in [0.2, 0.25) is 0 Å². The van der Waals surface area contributed by atoms with Crippen LogP contribution in [-0.4, -0.2) is 15.4 Å². The highest BCUT2D eigenvalue weighted by atomic mass is 32.2. The summed E-state index contributed by atoms with van der Waals surface area (Å²) in [5.41, 5.74) is 0. The lowest BCUT2D eigenvalue weighted by Crippen LogP contribution is -2.02. The molecule has 0 saturated heterocycles. The standard InChI is InChI=1S/C12H22N2OS/c1-4-7-10(8-5-2)16-9-12-13-11(6-3)14-15-12/h10H,4-9H2,1-3H3. The van der Waals surface area contributed by atoms with E-state index in [1.165, 1.54) is 25.7 Å². The van der Waals surface area contributed by atoms with Crippen LogP contribution in [0.25, 0.3) is 0 Å². The van der Waals surface area contributed by atoms with Gasteiger partial charge in [-0.1, -0.05) is 38.8 Å². The summed E-state index contributed by atoms with van der Waals surface area (Å²) in [6.07, 6.45) is 5.92. The fourth-order valence-electron chi connectivity index (χ4n) is 1.64. The van der Waals surface area contributed by atoms with Crippen molar-refractivity contribution >= 4 is 11.8 Å². The van der Waals surface area contributed by atoms with E-state index in [-0.39, 0.29) is 0 Å². The topological polar surface area (TPSA) is 38.9 Å². The van der Waals surface area contributed by atoms with Gasteiger partial charge in [-0.05, 0) is 12.8 Å². The molecule has 0 unspecified atom stereocenters. The van der Waals surface area contributed by atoms with Crippen LogP contribution in [0.4, 0.5) is 0 Å². The molecule has 4 heteroatoms. The van der Waals surface area contributed by atoms with Crippen LogP contribution in [0.1, 0.15) is 58.2 Å². The third-order valence-electron chi connectivity index (χ3n) is 2.49. The van der Waals surface area contributed by atoms with E-state index >= 15 is 0 Å². The number of aryl methyl sites for hydroxylation is 1. The van der Waals surface area contributed by atoms with E-state index in [4.69, 9.17) is 4.52 Å². The largest absolute Gasteiger partial charge is 0.338 e. The molecule has 0 saturated carbocycles. The Morgan fingerprint density at radius 3 is 2.38 bits per heavy atom. The summed E-state index contributed by atoms with van der Waals surface area (Å²) < 4.78 is 5.18. The molecule has 3 nitrogen and oxygen atoms in total. The van der Waals surface area contributed by atoms with Gasteiger partial charge in [0.05, 0.1) is 5.75 Å². The Morgan fingerprint density at radius 1 is 1.19 bits per heavy atom. The number of thioether (sulfide) groups is 1. The molecule has 92 valence electrons. The molecule has 0 fully saturated rings. The van der Waals surface area contributed by atoms with Gasteiger partial charge >= 0.3 is 0 Å². The summed E-state index contributed by atoms with van der Waals surface area (Å²) in [4.78, 5) is 4.32. The molecule has 16 heavy (non-hydrogen) atoms. The minimum atomic E-state index is 0.743. The molecule has 1 heterocycles. The summed E-state index contributed by atoms with van der Waals surface area (Å²) in [5.74, 6) is 2.45. The van der Waals surface area contributed by atoms with Crippen molar-refractivity contribution in [2.75, 3.05) is 0 Å². The van der Waals surface area contributed by atoms with Crippen molar-refractivity contribution < 1.29 is 4.52 Å². The van der Waals surface area contributed by atoms with E-state index < -0.39 is 0 Å². The van der Waals surface area contributed by atoms with Crippen molar-refractivity contribution in [3.63, 3.8) is 0 Å². The molecule has 1 aromatic heterocycles. The molecule has 1 rings (SSSR count). The third kappa shape index (κ3) is 4.56. The van der Waals surface area contributed by atoms with Gasteiger partial charge in [-0.25, -0.2) is 0 Å². The highest BCUT2D eigenvalue weighted by Crippen LogP contribution is 2.24. The van der Waals surface area contributed by atoms with Crippen molar-refractivity contribution in [1.82, 2.24) is 10.1 Å².